The summed E-state index contributed by atoms with van der Waals surface area (Å²) in [5.41, 5.74) is 3.27. The molecule has 3 nitrogen and oxygen atoms in total. The monoisotopic (exact) mass is 286 g/mol. The highest BCUT2D eigenvalue weighted by Crippen LogP contribution is 2.21. The van der Waals surface area contributed by atoms with E-state index in [1.54, 1.807) is 7.11 Å². The summed E-state index contributed by atoms with van der Waals surface area (Å²) in [6.45, 7) is 2.86. The molecule has 0 spiro atoms. The Hall–Kier alpha value is -1.84. The maximum Gasteiger partial charge on any atom is 0.122 e. The van der Waals surface area contributed by atoms with Gasteiger partial charge in [-0.1, -0.05) is 48.0 Å². The van der Waals surface area contributed by atoms with Gasteiger partial charge in [-0.25, -0.2) is 0 Å². The first-order valence-electron chi connectivity index (χ1n) is 7.12. The van der Waals surface area contributed by atoms with Crippen LogP contribution in [0.15, 0.2) is 48.5 Å². The van der Waals surface area contributed by atoms with Crippen LogP contribution in [0.2, 0.25) is 0 Å². The van der Waals surface area contributed by atoms with Crippen molar-refractivity contribution in [2.24, 2.45) is 0 Å². The van der Waals surface area contributed by atoms with E-state index < -0.39 is 6.10 Å². The second-order valence-corrected chi connectivity index (χ2v) is 5.17. The van der Waals surface area contributed by atoms with E-state index in [1.165, 1.54) is 0 Å². The van der Waals surface area contributed by atoms with Crippen molar-refractivity contribution < 1.29 is 14.6 Å². The van der Waals surface area contributed by atoms with Crippen LogP contribution in [0, 0.1) is 6.92 Å². The summed E-state index contributed by atoms with van der Waals surface area (Å²) >= 11 is 0. The van der Waals surface area contributed by atoms with Crippen LogP contribution in [-0.4, -0.2) is 24.9 Å². The van der Waals surface area contributed by atoms with Crippen molar-refractivity contribution in [1.29, 1.82) is 0 Å². The molecule has 0 aliphatic rings. The zero-order valence-electron chi connectivity index (χ0n) is 12.6. The topological polar surface area (TPSA) is 38.7 Å². The van der Waals surface area contributed by atoms with Crippen molar-refractivity contribution >= 4 is 0 Å². The Morgan fingerprint density at radius 3 is 2.57 bits per heavy atom. The highest BCUT2D eigenvalue weighted by molar-refractivity contribution is 5.37. The number of methoxy groups -OCH3 is 1. The molecule has 2 aromatic rings. The van der Waals surface area contributed by atoms with Crippen LogP contribution in [0.5, 0.6) is 5.75 Å². The Labute approximate surface area is 126 Å². The van der Waals surface area contributed by atoms with Gasteiger partial charge >= 0.3 is 0 Å². The van der Waals surface area contributed by atoms with Crippen molar-refractivity contribution in [2.75, 3.05) is 13.7 Å². The Kier molecular flexibility index (Phi) is 5.78. The average molecular weight is 286 g/mol. The molecule has 0 radical (unpaired) electrons. The minimum Gasteiger partial charge on any atom is -0.496 e. The van der Waals surface area contributed by atoms with Crippen molar-refractivity contribution in [2.45, 2.75) is 26.1 Å². The highest BCUT2D eigenvalue weighted by Gasteiger charge is 2.10. The van der Waals surface area contributed by atoms with Crippen molar-refractivity contribution in [3.63, 3.8) is 0 Å². The van der Waals surface area contributed by atoms with Gasteiger partial charge in [-0.05, 0) is 24.1 Å². The van der Waals surface area contributed by atoms with Crippen LogP contribution >= 0.6 is 0 Å². The Morgan fingerprint density at radius 1 is 1.10 bits per heavy atom. The highest BCUT2D eigenvalue weighted by atomic mass is 16.5. The van der Waals surface area contributed by atoms with Gasteiger partial charge in [-0.3, -0.25) is 0 Å². The number of aryl methyl sites for hydroxylation is 1. The fourth-order valence-corrected chi connectivity index (χ4v) is 2.27. The largest absolute Gasteiger partial charge is 0.496 e. The Morgan fingerprint density at radius 2 is 1.86 bits per heavy atom. The number of hydrogen-bond acceptors (Lipinski definition) is 3. The van der Waals surface area contributed by atoms with E-state index in [9.17, 15) is 5.11 Å². The van der Waals surface area contributed by atoms with Crippen LogP contribution in [0.3, 0.4) is 0 Å². The average Bonchev–Trinajstić information content (AvgIpc) is 2.48. The molecule has 0 heterocycles. The second kappa shape index (κ2) is 7.81. The SMILES string of the molecule is COc1ccc(C)cc1CC(O)COCc1ccccc1. The number of hydrogen-bond donors (Lipinski definition) is 1. The number of benzene rings is 2. The van der Waals surface area contributed by atoms with Gasteiger partial charge < -0.3 is 14.6 Å². The molecule has 2 rings (SSSR count). The van der Waals surface area contributed by atoms with Gasteiger partial charge in [0.05, 0.1) is 26.4 Å². The van der Waals surface area contributed by atoms with Gasteiger partial charge in [0.15, 0.2) is 0 Å². The molecule has 21 heavy (non-hydrogen) atoms. The smallest absolute Gasteiger partial charge is 0.122 e. The number of rotatable bonds is 7. The molecule has 1 N–H and O–H groups in total. The quantitative estimate of drug-likeness (QED) is 0.850. The molecule has 3 heteroatoms. The summed E-state index contributed by atoms with van der Waals surface area (Å²) in [7, 11) is 1.65. The molecule has 0 fully saturated rings. The third kappa shape index (κ3) is 4.88. The predicted octanol–water partition coefficient (Wildman–Crippen LogP) is 3.12. The second-order valence-electron chi connectivity index (χ2n) is 5.17. The first-order valence-corrected chi connectivity index (χ1v) is 7.12. The molecular weight excluding hydrogens is 264 g/mol. The minimum absolute atomic E-state index is 0.311. The van der Waals surface area contributed by atoms with Gasteiger partial charge in [0.25, 0.3) is 0 Å². The van der Waals surface area contributed by atoms with E-state index in [0.717, 1.165) is 22.4 Å². The summed E-state index contributed by atoms with van der Waals surface area (Å²) < 4.78 is 10.9. The van der Waals surface area contributed by atoms with Gasteiger partial charge in [0.1, 0.15) is 5.75 Å². The van der Waals surface area contributed by atoms with Crippen LogP contribution in [-0.2, 0) is 17.8 Å². The predicted molar refractivity (Wildman–Crippen MR) is 83.5 cm³/mol. The molecule has 1 atom stereocenters. The Balaban J connectivity index is 1.84. The fourth-order valence-electron chi connectivity index (χ4n) is 2.27. The van der Waals surface area contributed by atoms with Gasteiger partial charge in [0.2, 0.25) is 0 Å². The summed E-state index contributed by atoms with van der Waals surface area (Å²) in [6, 6.07) is 15.9. The lowest BCUT2D eigenvalue weighted by Crippen LogP contribution is -2.18. The molecule has 0 aromatic heterocycles. The van der Waals surface area contributed by atoms with Gasteiger partial charge in [-0.2, -0.15) is 0 Å². The molecule has 1 unspecified atom stereocenters. The Bertz CT molecular complexity index is 552. The molecular formula is C18H22O3. The summed E-state index contributed by atoms with van der Waals surface area (Å²) in [5, 5.41) is 10.1. The summed E-state index contributed by atoms with van der Waals surface area (Å²) in [4.78, 5) is 0. The molecule has 112 valence electrons. The molecule has 0 aliphatic heterocycles. The fraction of sp³-hybridized carbons (Fsp3) is 0.333. The molecule has 2 aromatic carbocycles. The zero-order chi connectivity index (χ0) is 15.1. The lowest BCUT2D eigenvalue weighted by molar-refractivity contribution is 0.0286. The molecule has 0 saturated heterocycles. The molecule has 0 aliphatic carbocycles. The molecule has 0 saturated carbocycles. The maximum atomic E-state index is 10.1. The van der Waals surface area contributed by atoms with Crippen LogP contribution in [0.1, 0.15) is 16.7 Å². The van der Waals surface area contributed by atoms with E-state index in [1.807, 2.05) is 55.5 Å². The normalized spacial score (nSPS) is 12.1. The maximum absolute atomic E-state index is 10.1. The van der Waals surface area contributed by atoms with Crippen molar-refractivity contribution in [3.05, 3.63) is 65.2 Å². The van der Waals surface area contributed by atoms with E-state index in [0.29, 0.717) is 19.6 Å². The van der Waals surface area contributed by atoms with Crippen LogP contribution < -0.4 is 4.74 Å². The van der Waals surface area contributed by atoms with E-state index in [2.05, 4.69) is 0 Å². The minimum atomic E-state index is -0.538. The van der Waals surface area contributed by atoms with Gasteiger partial charge in [0, 0.05) is 6.42 Å². The molecule has 0 bridgehead atoms. The van der Waals surface area contributed by atoms with Crippen molar-refractivity contribution in [3.8, 4) is 5.75 Å². The van der Waals surface area contributed by atoms with Crippen molar-refractivity contribution in [1.82, 2.24) is 0 Å². The lowest BCUT2D eigenvalue weighted by Gasteiger charge is -2.14. The van der Waals surface area contributed by atoms with Crippen LogP contribution in [0.4, 0.5) is 0 Å². The van der Waals surface area contributed by atoms with E-state index >= 15 is 0 Å². The standard InChI is InChI=1S/C18H22O3/c1-14-8-9-18(20-2)16(10-14)11-17(19)13-21-12-15-6-4-3-5-7-15/h3-10,17,19H,11-13H2,1-2H3. The van der Waals surface area contributed by atoms with E-state index in [-0.39, 0.29) is 0 Å². The van der Waals surface area contributed by atoms with Gasteiger partial charge in [-0.15, -0.1) is 0 Å². The molecule has 0 amide bonds. The number of aliphatic hydroxyl groups is 1. The lowest BCUT2D eigenvalue weighted by atomic mass is 10.0. The van der Waals surface area contributed by atoms with E-state index in [4.69, 9.17) is 9.47 Å². The number of ether oxygens (including phenoxy) is 2. The third-order valence-corrected chi connectivity index (χ3v) is 3.31. The van der Waals surface area contributed by atoms with Crippen LogP contribution in [0.25, 0.3) is 0 Å². The number of aliphatic hydroxyl groups excluding tert-OH is 1. The first kappa shape index (κ1) is 15.5. The zero-order valence-corrected chi connectivity index (χ0v) is 12.6. The summed E-state index contributed by atoms with van der Waals surface area (Å²) in [6.07, 6.45) is -0.0102. The first-order chi connectivity index (χ1) is 10.2. The third-order valence-electron chi connectivity index (χ3n) is 3.31. The summed E-state index contributed by atoms with van der Waals surface area (Å²) in [5.74, 6) is 0.808.